The molecule has 6 saturated heterocycles. The fourth-order valence-corrected chi connectivity index (χ4v) is 12.3. The summed E-state index contributed by atoms with van der Waals surface area (Å²) in [7, 11) is 0. The van der Waals surface area contributed by atoms with Crippen LogP contribution in [0.5, 0.6) is 0 Å². The van der Waals surface area contributed by atoms with Crippen LogP contribution in [0.25, 0.3) is 0 Å². The van der Waals surface area contributed by atoms with Crippen LogP contribution in [0, 0.1) is 5.92 Å². The summed E-state index contributed by atoms with van der Waals surface area (Å²) < 4.78 is 81.9. The molecule has 6 aliphatic rings. The number of aliphatic hydroxyl groups is 9. The van der Waals surface area contributed by atoms with E-state index in [1.54, 1.807) is 13.8 Å². The SMILES string of the molecule is CCCCCCCCCCCC(=O)O[C@@H]1[C@@H](O)[C@@H](O)[C@H](O[C@@H]2[C@@H](O[C@@H]3O[C@@H](C)[C@H](O)[C@@H](O)[C@H]3O)[C@@H](OC(=O)[C@@H](C)CC)[C@H](O[C@@H]3[C@@H](O)[C@H]4OC(=O)CCCCCCCCC[C@H](CCCCC)O[C@@H]5O[C@H](CO)[C@H](O)[C@H](O)[C@H]5O[C@@H]4O[C@H]3C)O[C@H]2C)O[C@H]1C. The maximum absolute atomic E-state index is 14.1. The van der Waals surface area contributed by atoms with Crippen molar-refractivity contribution in [1.29, 1.82) is 0 Å². The number of carbonyl (C=O) groups is 3. The molecule has 512 valence electrons. The van der Waals surface area contributed by atoms with Crippen LogP contribution in [0.4, 0.5) is 0 Å². The fraction of sp³-hybridized carbons (Fsp3) is 0.952. The highest BCUT2D eigenvalue weighted by Gasteiger charge is 2.59. The highest BCUT2D eigenvalue weighted by Crippen LogP contribution is 2.40. The van der Waals surface area contributed by atoms with E-state index >= 15 is 0 Å². The average molecular weight is 1270 g/mol. The van der Waals surface area contributed by atoms with Gasteiger partial charge in [0.1, 0.15) is 79.4 Å². The van der Waals surface area contributed by atoms with Gasteiger partial charge in [0.05, 0.1) is 43.0 Å². The molecule has 6 rings (SSSR count). The zero-order chi connectivity index (χ0) is 64.2. The molecule has 6 fully saturated rings. The Morgan fingerprint density at radius 2 is 1.03 bits per heavy atom. The number of aliphatic hydroxyl groups excluding tert-OH is 9. The molecule has 25 heteroatoms. The fourth-order valence-electron chi connectivity index (χ4n) is 12.3. The summed E-state index contributed by atoms with van der Waals surface area (Å²) in [5.41, 5.74) is 0. The zero-order valence-corrected chi connectivity index (χ0v) is 53.3. The molecule has 9 N–H and O–H groups in total. The Hall–Kier alpha value is -2.35. The first-order valence-corrected chi connectivity index (χ1v) is 33.3. The number of unbranched alkanes of at least 4 members (excludes halogenated alkanes) is 10. The van der Waals surface area contributed by atoms with Gasteiger partial charge in [-0.15, -0.1) is 0 Å². The van der Waals surface area contributed by atoms with Crippen LogP contribution in [-0.2, 0) is 76.0 Å². The van der Waals surface area contributed by atoms with E-state index in [1.165, 1.54) is 53.4 Å². The molecular weight excluding hydrogens is 1160 g/mol. The molecule has 25 nitrogen and oxygen atoms in total. The van der Waals surface area contributed by atoms with Crippen molar-refractivity contribution < 1.29 is 122 Å². The van der Waals surface area contributed by atoms with Crippen molar-refractivity contribution in [2.24, 2.45) is 5.92 Å². The predicted molar refractivity (Wildman–Crippen MR) is 312 cm³/mol. The maximum Gasteiger partial charge on any atom is 0.309 e. The Labute approximate surface area is 519 Å². The Kier molecular flexibility index (Phi) is 31.8. The van der Waals surface area contributed by atoms with Gasteiger partial charge in [-0.25, -0.2) is 0 Å². The third kappa shape index (κ3) is 20.8. The second kappa shape index (κ2) is 37.5. The number of rotatable bonds is 25. The van der Waals surface area contributed by atoms with E-state index in [4.69, 9.17) is 61.6 Å². The van der Waals surface area contributed by atoms with Crippen molar-refractivity contribution in [2.45, 2.75) is 369 Å². The lowest BCUT2D eigenvalue weighted by Gasteiger charge is -2.51. The van der Waals surface area contributed by atoms with Gasteiger partial charge >= 0.3 is 17.9 Å². The number of hydrogen-bond acceptors (Lipinski definition) is 25. The van der Waals surface area contributed by atoms with E-state index in [9.17, 15) is 60.3 Å². The highest BCUT2D eigenvalue weighted by molar-refractivity contribution is 5.72. The van der Waals surface area contributed by atoms with Gasteiger partial charge in [-0.3, -0.25) is 14.4 Å². The van der Waals surface area contributed by atoms with Crippen LogP contribution < -0.4 is 0 Å². The highest BCUT2D eigenvalue weighted by atomic mass is 16.8. The largest absolute Gasteiger partial charge is 0.457 e. The summed E-state index contributed by atoms with van der Waals surface area (Å²) in [5.74, 6) is -2.87. The molecule has 0 aromatic rings. The Morgan fingerprint density at radius 3 is 1.69 bits per heavy atom. The van der Waals surface area contributed by atoms with Gasteiger partial charge in [-0.2, -0.15) is 0 Å². The standard InChI is InChI=1S/C63H110O25/c1-9-12-14-15-16-17-20-23-27-31-41(65)82-51-36(6)77-60(49(73)47(51)71)86-53-38(8)79-63(57(84-58(75)34(4)11-3)56(53)88-59-48(72)45(69)43(67)35(5)76-59)85-52-37(7)78-61-55(50(52)74)83-42(66)32-28-24-21-18-19-22-26-30-39(29-25-13-10-2)80-62-54(87-61)46(70)44(68)40(33-64)81-62/h34-40,43-57,59-64,67-74H,9-33H2,1-8H3/t34-,35-,36-,37-,38-,39-,40+,43-,44-,45+,46-,47-,48+,49+,50+,51-,52-,53-,54+,55+,56+,57+,59-,60-,61-,62+,63-/m0/s1. The normalized spacial score (nSPS) is 41.3. The lowest BCUT2D eigenvalue weighted by Crippen LogP contribution is -2.68. The minimum absolute atomic E-state index is 0.0502. The van der Waals surface area contributed by atoms with Crippen LogP contribution in [0.15, 0.2) is 0 Å². The zero-order valence-electron chi connectivity index (χ0n) is 53.3. The van der Waals surface area contributed by atoms with Crippen molar-refractivity contribution in [3.05, 3.63) is 0 Å². The Bertz CT molecular complexity index is 2010. The molecule has 0 amide bonds. The molecule has 0 saturated carbocycles. The Morgan fingerprint density at radius 1 is 0.489 bits per heavy atom. The monoisotopic (exact) mass is 1270 g/mol. The molecule has 6 aliphatic heterocycles. The van der Waals surface area contributed by atoms with Gasteiger partial charge in [0.2, 0.25) is 0 Å². The van der Waals surface area contributed by atoms with Crippen LogP contribution in [-0.4, -0.2) is 230 Å². The summed E-state index contributed by atoms with van der Waals surface area (Å²) in [5, 5.41) is 102. The summed E-state index contributed by atoms with van der Waals surface area (Å²) >= 11 is 0. The van der Waals surface area contributed by atoms with Gasteiger partial charge in [0.25, 0.3) is 0 Å². The minimum Gasteiger partial charge on any atom is -0.457 e. The van der Waals surface area contributed by atoms with E-state index in [0.29, 0.717) is 32.1 Å². The third-order valence-electron chi connectivity index (χ3n) is 18.2. The molecule has 0 spiro atoms. The van der Waals surface area contributed by atoms with Gasteiger partial charge in [-0.1, -0.05) is 137 Å². The molecule has 0 aliphatic carbocycles. The summed E-state index contributed by atoms with van der Waals surface area (Å²) in [6.45, 7) is 12.9. The average Bonchev–Trinajstić information content (AvgIpc) is 1.68. The molecular formula is C63H110O25. The molecule has 27 atom stereocenters. The van der Waals surface area contributed by atoms with Gasteiger partial charge in [-0.05, 0) is 59.8 Å². The predicted octanol–water partition coefficient (Wildman–Crippen LogP) is 4.30. The molecule has 0 bridgehead atoms. The molecule has 0 radical (unpaired) electrons. The first kappa shape index (κ1) is 74.7. The number of carbonyl (C=O) groups excluding carboxylic acids is 3. The van der Waals surface area contributed by atoms with E-state index < -0.39 is 184 Å². The van der Waals surface area contributed by atoms with Crippen molar-refractivity contribution in [3.8, 4) is 0 Å². The second-order valence-corrected chi connectivity index (χ2v) is 25.4. The lowest BCUT2D eigenvalue weighted by molar-refractivity contribution is -0.400. The van der Waals surface area contributed by atoms with E-state index in [2.05, 4.69) is 13.8 Å². The van der Waals surface area contributed by atoms with E-state index in [1.807, 2.05) is 0 Å². The number of ether oxygens (including phenoxy) is 13. The first-order valence-electron chi connectivity index (χ1n) is 33.3. The summed E-state index contributed by atoms with van der Waals surface area (Å²) in [6.07, 6.45) is -20.3. The number of hydrogen-bond donors (Lipinski definition) is 9. The van der Waals surface area contributed by atoms with Crippen molar-refractivity contribution in [3.63, 3.8) is 0 Å². The summed E-state index contributed by atoms with van der Waals surface area (Å²) in [4.78, 5) is 41.1. The molecule has 0 aromatic carbocycles. The lowest BCUT2D eigenvalue weighted by atomic mass is 9.95. The molecule has 88 heavy (non-hydrogen) atoms. The van der Waals surface area contributed by atoms with Crippen molar-refractivity contribution >= 4 is 17.9 Å². The number of esters is 3. The van der Waals surface area contributed by atoms with Gasteiger partial charge in [0.15, 0.2) is 49.8 Å². The summed E-state index contributed by atoms with van der Waals surface area (Å²) in [6, 6.07) is 0. The molecule has 0 aromatic heterocycles. The van der Waals surface area contributed by atoms with E-state index in [-0.39, 0.29) is 18.9 Å². The molecule has 0 unspecified atom stereocenters. The first-order chi connectivity index (χ1) is 42.1. The van der Waals surface area contributed by atoms with Crippen molar-refractivity contribution in [1.82, 2.24) is 0 Å². The van der Waals surface area contributed by atoms with Crippen LogP contribution in [0.3, 0.4) is 0 Å². The molecule has 6 heterocycles. The minimum atomic E-state index is -1.92. The maximum atomic E-state index is 14.1. The van der Waals surface area contributed by atoms with Crippen molar-refractivity contribution in [2.75, 3.05) is 6.61 Å². The Balaban J connectivity index is 1.29. The quantitative estimate of drug-likeness (QED) is 0.0349. The second-order valence-electron chi connectivity index (χ2n) is 25.4. The topological polar surface area (TPSA) is 353 Å². The number of fused-ring (bicyclic) bond motifs is 2. The van der Waals surface area contributed by atoms with Gasteiger partial charge in [0, 0.05) is 12.8 Å². The van der Waals surface area contributed by atoms with Crippen LogP contribution in [0.2, 0.25) is 0 Å². The van der Waals surface area contributed by atoms with Gasteiger partial charge < -0.3 is 108 Å². The smallest absolute Gasteiger partial charge is 0.309 e. The van der Waals surface area contributed by atoms with E-state index in [0.717, 1.165) is 83.5 Å². The third-order valence-corrected chi connectivity index (χ3v) is 18.2. The van der Waals surface area contributed by atoms with Crippen LogP contribution >= 0.6 is 0 Å². The van der Waals surface area contributed by atoms with Crippen LogP contribution in [0.1, 0.15) is 209 Å².